The number of hydrogen-bond acceptors (Lipinski definition) is 3. The molecule has 3 aromatic carbocycles. The van der Waals surface area contributed by atoms with Crippen LogP contribution in [0.2, 0.25) is 5.02 Å². The lowest BCUT2D eigenvalue weighted by Crippen LogP contribution is -2.38. The summed E-state index contributed by atoms with van der Waals surface area (Å²) in [4.78, 5) is 15.2. The van der Waals surface area contributed by atoms with Crippen LogP contribution < -0.4 is 10.1 Å². The third-order valence-electron chi connectivity index (χ3n) is 5.60. The van der Waals surface area contributed by atoms with Gasteiger partial charge in [-0.15, -0.1) is 0 Å². The van der Waals surface area contributed by atoms with Gasteiger partial charge in [0, 0.05) is 40.7 Å². The minimum absolute atomic E-state index is 0.322. The van der Waals surface area contributed by atoms with Gasteiger partial charge in [0.15, 0.2) is 0 Å². The zero-order valence-corrected chi connectivity index (χ0v) is 18.5. The van der Waals surface area contributed by atoms with Crippen LogP contribution in [0.4, 0.5) is 0 Å². The Kier molecular flexibility index (Phi) is 6.78. The average molecular weight is 449 g/mol. The van der Waals surface area contributed by atoms with Crippen molar-refractivity contribution in [3.8, 4) is 5.75 Å². The van der Waals surface area contributed by atoms with Crippen molar-refractivity contribution in [3.05, 3.63) is 100 Å². The first-order valence-corrected chi connectivity index (χ1v) is 10.9. The van der Waals surface area contributed by atoms with Gasteiger partial charge in [0.25, 0.3) is 0 Å². The second kappa shape index (κ2) is 9.90. The second-order valence-corrected chi connectivity index (χ2v) is 8.24. The summed E-state index contributed by atoms with van der Waals surface area (Å²) < 4.78 is 6.06. The number of benzene rings is 3. The van der Waals surface area contributed by atoms with E-state index in [1.165, 1.54) is 0 Å². The molecule has 0 bridgehead atoms. The van der Waals surface area contributed by atoms with Gasteiger partial charge in [0.1, 0.15) is 18.4 Å². The number of hydrogen-bond donors (Lipinski definition) is 3. The van der Waals surface area contributed by atoms with Crippen LogP contribution in [-0.2, 0) is 24.4 Å². The number of aryl methyl sites for hydroxylation is 1. The second-order valence-electron chi connectivity index (χ2n) is 7.80. The molecule has 5 nitrogen and oxygen atoms in total. The summed E-state index contributed by atoms with van der Waals surface area (Å²) in [7, 11) is 0. The van der Waals surface area contributed by atoms with Gasteiger partial charge in [-0.2, -0.15) is 0 Å². The Hall–Kier alpha value is -3.28. The molecule has 0 fully saturated rings. The number of halogens is 1. The summed E-state index contributed by atoms with van der Waals surface area (Å²) in [5, 5.41) is 14.6. The lowest BCUT2D eigenvalue weighted by molar-refractivity contribution is -0.139. The van der Waals surface area contributed by atoms with Gasteiger partial charge in [-0.05, 0) is 47.9 Å². The van der Waals surface area contributed by atoms with Gasteiger partial charge in [-0.25, -0.2) is 0 Å². The van der Waals surface area contributed by atoms with Crippen molar-refractivity contribution in [3.63, 3.8) is 0 Å². The highest BCUT2D eigenvalue weighted by Crippen LogP contribution is 2.25. The molecule has 1 heterocycles. The molecule has 0 aliphatic heterocycles. The van der Waals surface area contributed by atoms with Crippen molar-refractivity contribution >= 4 is 28.5 Å². The Balaban J connectivity index is 1.48. The molecule has 6 heteroatoms. The number of aliphatic carboxylic acids is 1. The normalized spacial score (nSPS) is 12.1. The average Bonchev–Trinajstić information content (AvgIpc) is 3.19. The molecule has 3 N–H and O–H groups in total. The predicted molar refractivity (Wildman–Crippen MR) is 127 cm³/mol. The van der Waals surface area contributed by atoms with Crippen LogP contribution in [-0.4, -0.2) is 22.1 Å². The molecule has 0 saturated carbocycles. The number of carboxylic acids is 1. The molecule has 0 amide bonds. The van der Waals surface area contributed by atoms with Crippen molar-refractivity contribution in [1.29, 1.82) is 0 Å². The first-order chi connectivity index (χ1) is 15.5. The lowest BCUT2D eigenvalue weighted by atomic mass is 10.0. The Morgan fingerprint density at radius 3 is 2.66 bits per heavy atom. The molecular weight excluding hydrogens is 424 g/mol. The van der Waals surface area contributed by atoms with Crippen molar-refractivity contribution < 1.29 is 14.6 Å². The van der Waals surface area contributed by atoms with E-state index < -0.39 is 12.0 Å². The zero-order chi connectivity index (χ0) is 22.5. The molecule has 0 aliphatic rings. The van der Waals surface area contributed by atoms with Crippen LogP contribution in [0.15, 0.2) is 72.9 Å². The first-order valence-electron chi connectivity index (χ1n) is 10.5. The van der Waals surface area contributed by atoms with E-state index in [4.69, 9.17) is 16.3 Å². The van der Waals surface area contributed by atoms with E-state index in [-0.39, 0.29) is 0 Å². The molecule has 1 unspecified atom stereocenters. The van der Waals surface area contributed by atoms with E-state index in [1.807, 2.05) is 73.8 Å². The number of aromatic amines is 1. The minimum atomic E-state index is -0.903. The van der Waals surface area contributed by atoms with Gasteiger partial charge in [-0.1, -0.05) is 54.1 Å². The number of fused-ring (bicyclic) bond motifs is 1. The molecule has 164 valence electrons. The number of nitrogens with one attached hydrogen (secondary N) is 2. The fourth-order valence-electron chi connectivity index (χ4n) is 3.75. The van der Waals surface area contributed by atoms with Crippen LogP contribution in [0, 0.1) is 6.92 Å². The number of para-hydroxylation sites is 1. The topological polar surface area (TPSA) is 74.3 Å². The van der Waals surface area contributed by atoms with Gasteiger partial charge in [0.05, 0.1) is 0 Å². The lowest BCUT2D eigenvalue weighted by Gasteiger charge is -2.17. The number of aromatic nitrogens is 1. The molecule has 1 aromatic heterocycles. The molecule has 4 aromatic rings. The van der Waals surface area contributed by atoms with Crippen molar-refractivity contribution in [1.82, 2.24) is 10.3 Å². The predicted octanol–water partition coefficient (Wildman–Crippen LogP) is 5.49. The maximum absolute atomic E-state index is 12.0. The van der Waals surface area contributed by atoms with Crippen molar-refractivity contribution in [2.45, 2.75) is 32.5 Å². The number of H-pyrrole nitrogens is 1. The van der Waals surface area contributed by atoms with E-state index in [1.54, 1.807) is 6.07 Å². The van der Waals surface area contributed by atoms with Crippen molar-refractivity contribution in [2.24, 2.45) is 0 Å². The highest BCUT2D eigenvalue weighted by molar-refractivity contribution is 6.30. The quantitative estimate of drug-likeness (QED) is 0.316. The Morgan fingerprint density at radius 2 is 1.84 bits per heavy atom. The summed E-state index contributed by atoms with van der Waals surface area (Å²) in [5.74, 6) is -0.221. The van der Waals surface area contributed by atoms with Crippen molar-refractivity contribution in [2.75, 3.05) is 0 Å². The minimum Gasteiger partial charge on any atom is -0.489 e. The first kappa shape index (κ1) is 21.9. The molecule has 1 atom stereocenters. The maximum Gasteiger partial charge on any atom is 0.321 e. The Morgan fingerprint density at radius 1 is 1.06 bits per heavy atom. The van der Waals surface area contributed by atoms with Crippen LogP contribution in [0.5, 0.6) is 5.75 Å². The molecule has 0 spiro atoms. The summed E-state index contributed by atoms with van der Waals surface area (Å²) in [5.41, 5.74) is 5.03. The van der Waals surface area contributed by atoms with E-state index >= 15 is 0 Å². The molecule has 0 aliphatic carbocycles. The summed E-state index contributed by atoms with van der Waals surface area (Å²) in [6, 6.07) is 20.6. The highest BCUT2D eigenvalue weighted by atomic mass is 35.5. The molecule has 32 heavy (non-hydrogen) atoms. The highest BCUT2D eigenvalue weighted by Gasteiger charge is 2.20. The molecule has 4 rings (SSSR count). The molecular formula is C26H25ClN2O3. The Bertz CT molecular complexity index is 1230. The van der Waals surface area contributed by atoms with E-state index in [2.05, 4.69) is 10.3 Å². The van der Waals surface area contributed by atoms with Gasteiger partial charge >= 0.3 is 5.97 Å². The summed E-state index contributed by atoms with van der Waals surface area (Å²) in [6.07, 6.45) is 2.23. The third-order valence-corrected chi connectivity index (χ3v) is 5.84. The van der Waals surface area contributed by atoms with E-state index in [0.717, 1.165) is 33.2 Å². The monoisotopic (exact) mass is 448 g/mol. The SMILES string of the molecule is Cc1ccccc1COc1ccc(Cl)cc1CNC(Cc1c[nH]c2ccccc12)C(=O)O. The molecule has 0 saturated heterocycles. The van der Waals surface area contributed by atoms with Crippen LogP contribution >= 0.6 is 11.6 Å². The number of carbonyl (C=O) groups is 1. The van der Waals surface area contributed by atoms with Crippen LogP contribution in [0.1, 0.15) is 22.3 Å². The fraction of sp³-hybridized carbons (Fsp3) is 0.192. The summed E-state index contributed by atoms with van der Waals surface area (Å²) >= 11 is 6.21. The summed E-state index contributed by atoms with van der Waals surface area (Å²) in [6.45, 7) is 2.80. The Labute approximate surface area is 192 Å². The van der Waals surface area contributed by atoms with Gasteiger partial charge in [0.2, 0.25) is 0 Å². The van der Waals surface area contributed by atoms with E-state index in [9.17, 15) is 9.90 Å². The number of ether oxygens (including phenoxy) is 1. The smallest absolute Gasteiger partial charge is 0.321 e. The number of rotatable bonds is 9. The number of carboxylic acid groups (broad SMARTS) is 1. The zero-order valence-electron chi connectivity index (χ0n) is 17.8. The standard InChI is InChI=1S/C26H25ClN2O3/c1-17-6-2-3-7-18(17)16-32-25-11-10-21(27)12-20(25)15-29-24(26(30)31)13-19-14-28-23-9-5-4-8-22(19)23/h2-12,14,24,28-29H,13,15-16H2,1H3,(H,30,31). The van der Waals surface area contributed by atoms with Crippen LogP contribution in [0.25, 0.3) is 10.9 Å². The van der Waals surface area contributed by atoms with Crippen LogP contribution in [0.3, 0.4) is 0 Å². The largest absolute Gasteiger partial charge is 0.489 e. The third kappa shape index (κ3) is 5.13. The maximum atomic E-state index is 12.0. The van der Waals surface area contributed by atoms with Gasteiger partial charge in [-0.3, -0.25) is 10.1 Å². The van der Waals surface area contributed by atoms with E-state index in [0.29, 0.717) is 30.3 Å². The molecule has 0 radical (unpaired) electrons. The fourth-order valence-corrected chi connectivity index (χ4v) is 3.95. The van der Waals surface area contributed by atoms with Gasteiger partial charge < -0.3 is 14.8 Å².